The molecular formula is C35H39N5O9. The lowest BCUT2D eigenvalue weighted by Crippen LogP contribution is -2.47. The summed E-state index contributed by atoms with van der Waals surface area (Å²) in [6, 6.07) is 12.4. The van der Waals surface area contributed by atoms with Crippen molar-refractivity contribution in [3.05, 3.63) is 54.7 Å². The standard InChI is InChI=1S/C35H39N5O9/c41-24-15-26(39(18-24)34(45)28-3-1-13-47-28)31(43)37-22-9-5-20(6-10-22)30-17-36-33(49-30)21-7-11-23(12-8-21)38-32(44)27-16-25(42)19-40(27)35(46)29-4-2-14-48-29/h5-12,17,24-29,41-42H,1-4,13-16,18-19H2,(H,37,43)(H,38,44)/t24-,25-,26+,27+,28-,29-/m1/s1. The maximum atomic E-state index is 13.1. The predicted molar refractivity (Wildman–Crippen MR) is 175 cm³/mol. The van der Waals surface area contributed by atoms with Gasteiger partial charge in [0.25, 0.3) is 11.8 Å². The van der Waals surface area contributed by atoms with E-state index in [2.05, 4.69) is 15.6 Å². The van der Waals surface area contributed by atoms with Crippen LogP contribution in [-0.2, 0) is 28.7 Å². The Labute approximate surface area is 282 Å². The highest BCUT2D eigenvalue weighted by atomic mass is 16.5. The second kappa shape index (κ2) is 14.1. The number of amides is 4. The third-order valence-corrected chi connectivity index (χ3v) is 9.48. The van der Waals surface area contributed by atoms with Gasteiger partial charge in [0.05, 0.1) is 18.4 Å². The van der Waals surface area contributed by atoms with Crippen LogP contribution in [0.2, 0.25) is 0 Å². The van der Waals surface area contributed by atoms with E-state index in [9.17, 15) is 29.4 Å². The number of benzene rings is 2. The maximum absolute atomic E-state index is 13.1. The number of nitrogens with zero attached hydrogens (tertiary/aromatic N) is 3. The Morgan fingerprint density at radius 3 is 1.61 bits per heavy atom. The minimum absolute atomic E-state index is 0.0997. The third-order valence-electron chi connectivity index (χ3n) is 9.48. The lowest BCUT2D eigenvalue weighted by Gasteiger charge is -2.26. The van der Waals surface area contributed by atoms with Gasteiger partial charge in [-0.05, 0) is 74.2 Å². The average Bonchev–Trinajstić information content (AvgIpc) is 3.95. The highest BCUT2D eigenvalue weighted by Gasteiger charge is 2.43. The van der Waals surface area contributed by atoms with Crippen LogP contribution in [0.1, 0.15) is 38.5 Å². The van der Waals surface area contributed by atoms with Gasteiger partial charge in [-0.25, -0.2) is 4.98 Å². The fraction of sp³-hybridized carbons (Fsp3) is 0.457. The molecule has 7 rings (SSSR count). The molecule has 2 aromatic carbocycles. The van der Waals surface area contributed by atoms with Crippen molar-refractivity contribution in [2.75, 3.05) is 36.9 Å². The SMILES string of the molecule is O=C(Nc1ccc(-c2cnc(-c3ccc(NC(=O)[C@@H]4C[C@@H](O)CN4C(=O)[C@H]4CCCO4)cc3)o2)cc1)[C@@H]1C[C@@H](O)CN1C(=O)[C@H]1CCCO1. The van der Waals surface area contributed by atoms with Crippen LogP contribution >= 0.6 is 0 Å². The number of hydrogen-bond donors (Lipinski definition) is 4. The first-order valence-electron chi connectivity index (χ1n) is 16.7. The molecule has 4 aliphatic rings. The third kappa shape index (κ3) is 7.08. The van der Waals surface area contributed by atoms with Gasteiger partial charge in [-0.3, -0.25) is 19.2 Å². The fourth-order valence-corrected chi connectivity index (χ4v) is 6.93. The van der Waals surface area contributed by atoms with E-state index in [1.165, 1.54) is 9.80 Å². The molecule has 6 atom stereocenters. The molecule has 0 saturated carbocycles. The molecule has 0 unspecified atom stereocenters. The number of nitrogens with one attached hydrogen (secondary N) is 2. The number of aliphatic hydroxyl groups excluding tert-OH is 2. The van der Waals surface area contributed by atoms with E-state index in [-0.39, 0.29) is 49.6 Å². The van der Waals surface area contributed by atoms with Crippen LogP contribution in [-0.4, -0.2) is 111 Å². The highest BCUT2D eigenvalue weighted by Crippen LogP contribution is 2.30. The van der Waals surface area contributed by atoms with Gasteiger partial charge in [0.2, 0.25) is 17.7 Å². The van der Waals surface area contributed by atoms with Crippen molar-refractivity contribution in [3.8, 4) is 22.8 Å². The summed E-state index contributed by atoms with van der Waals surface area (Å²) < 4.78 is 17.0. The number of β-amino-alcohol motifs (C(OH)–C–C–N with tert-alkyl or cyclic N) is 2. The first-order valence-corrected chi connectivity index (χ1v) is 16.7. The van der Waals surface area contributed by atoms with Gasteiger partial charge < -0.3 is 44.5 Å². The monoisotopic (exact) mass is 673 g/mol. The number of ether oxygens (including phenoxy) is 2. The Balaban J connectivity index is 0.950. The van der Waals surface area contributed by atoms with Crippen molar-refractivity contribution in [3.63, 3.8) is 0 Å². The van der Waals surface area contributed by atoms with Gasteiger partial charge in [-0.15, -0.1) is 0 Å². The molecule has 5 heterocycles. The van der Waals surface area contributed by atoms with E-state index in [0.717, 1.165) is 18.4 Å². The molecule has 3 aromatic rings. The smallest absolute Gasteiger partial charge is 0.252 e. The molecular weight excluding hydrogens is 634 g/mol. The number of aliphatic hydroxyl groups is 2. The molecule has 0 spiro atoms. The number of carbonyl (C=O) groups is 4. The number of hydrogen-bond acceptors (Lipinski definition) is 10. The summed E-state index contributed by atoms with van der Waals surface area (Å²) in [5.74, 6) is -0.393. The van der Waals surface area contributed by atoms with Gasteiger partial charge in [0.1, 0.15) is 24.3 Å². The van der Waals surface area contributed by atoms with Crippen LogP contribution in [0.15, 0.2) is 59.1 Å². The van der Waals surface area contributed by atoms with Crippen LogP contribution in [0, 0.1) is 0 Å². The summed E-state index contributed by atoms with van der Waals surface area (Å²) in [6.45, 7) is 1.23. The van der Waals surface area contributed by atoms with Crippen molar-refractivity contribution in [1.82, 2.24) is 14.8 Å². The van der Waals surface area contributed by atoms with E-state index in [1.807, 2.05) is 0 Å². The quantitative estimate of drug-likeness (QED) is 0.276. The number of oxazole rings is 1. The Kier molecular flexibility index (Phi) is 9.45. The molecule has 14 nitrogen and oxygen atoms in total. The number of aromatic nitrogens is 1. The molecule has 4 fully saturated rings. The molecule has 0 aliphatic carbocycles. The maximum Gasteiger partial charge on any atom is 0.252 e. The molecule has 0 bridgehead atoms. The van der Waals surface area contributed by atoms with Gasteiger partial charge in [-0.2, -0.15) is 0 Å². The Morgan fingerprint density at radius 2 is 1.16 bits per heavy atom. The van der Waals surface area contributed by atoms with Gasteiger partial charge >= 0.3 is 0 Å². The average molecular weight is 674 g/mol. The van der Waals surface area contributed by atoms with Gasteiger partial charge in [0.15, 0.2) is 5.76 Å². The topological polar surface area (TPSA) is 184 Å². The van der Waals surface area contributed by atoms with Crippen molar-refractivity contribution in [1.29, 1.82) is 0 Å². The van der Waals surface area contributed by atoms with E-state index < -0.39 is 36.5 Å². The van der Waals surface area contributed by atoms with E-state index in [4.69, 9.17) is 13.9 Å². The molecule has 4 saturated heterocycles. The zero-order chi connectivity index (χ0) is 34.1. The number of rotatable bonds is 8. The largest absolute Gasteiger partial charge is 0.436 e. The van der Waals surface area contributed by atoms with Gasteiger partial charge in [-0.1, -0.05) is 0 Å². The molecule has 0 radical (unpaired) electrons. The summed E-state index contributed by atoms with van der Waals surface area (Å²) in [6.07, 6.45) is 2.06. The Bertz CT molecular complexity index is 1560. The Morgan fingerprint density at radius 1 is 0.694 bits per heavy atom. The molecule has 4 amide bonds. The summed E-state index contributed by atoms with van der Waals surface area (Å²) >= 11 is 0. The molecule has 4 aliphatic heterocycles. The summed E-state index contributed by atoms with van der Waals surface area (Å²) in [4.78, 5) is 59.3. The summed E-state index contributed by atoms with van der Waals surface area (Å²) in [5.41, 5.74) is 2.47. The second-order valence-electron chi connectivity index (χ2n) is 13.0. The van der Waals surface area contributed by atoms with Crippen molar-refractivity contribution in [2.45, 2.75) is 75.0 Å². The number of anilines is 2. The second-order valence-corrected chi connectivity index (χ2v) is 13.0. The zero-order valence-corrected chi connectivity index (χ0v) is 26.8. The molecule has 1 aromatic heterocycles. The Hall–Kier alpha value is -4.63. The van der Waals surface area contributed by atoms with E-state index in [0.29, 0.717) is 54.6 Å². The van der Waals surface area contributed by atoms with Crippen molar-refractivity contribution in [2.24, 2.45) is 0 Å². The van der Waals surface area contributed by atoms with Crippen LogP contribution < -0.4 is 10.6 Å². The molecule has 258 valence electrons. The van der Waals surface area contributed by atoms with Crippen LogP contribution in [0.25, 0.3) is 22.8 Å². The summed E-state index contributed by atoms with van der Waals surface area (Å²) in [5, 5.41) is 26.1. The minimum atomic E-state index is -0.786. The minimum Gasteiger partial charge on any atom is -0.436 e. The molecule has 49 heavy (non-hydrogen) atoms. The number of likely N-dealkylation sites (tertiary alicyclic amines) is 2. The van der Waals surface area contributed by atoms with E-state index >= 15 is 0 Å². The van der Waals surface area contributed by atoms with Crippen molar-refractivity contribution < 1.29 is 43.3 Å². The first kappa shape index (κ1) is 32.9. The highest BCUT2D eigenvalue weighted by molar-refractivity contribution is 5.99. The molecule has 14 heteroatoms. The zero-order valence-electron chi connectivity index (χ0n) is 26.8. The van der Waals surface area contributed by atoms with Crippen LogP contribution in [0.4, 0.5) is 11.4 Å². The van der Waals surface area contributed by atoms with Crippen molar-refractivity contribution >= 4 is 35.0 Å². The fourth-order valence-electron chi connectivity index (χ4n) is 6.93. The lowest BCUT2D eigenvalue weighted by atomic mass is 10.1. The normalized spacial score (nSPS) is 26.7. The van der Waals surface area contributed by atoms with Gasteiger partial charge in [0, 0.05) is 61.6 Å². The lowest BCUT2D eigenvalue weighted by molar-refractivity contribution is -0.145. The van der Waals surface area contributed by atoms with E-state index in [1.54, 1.807) is 54.7 Å². The summed E-state index contributed by atoms with van der Waals surface area (Å²) in [7, 11) is 0. The molecule has 4 N–H and O–H groups in total. The first-order chi connectivity index (χ1) is 23.7. The van der Waals surface area contributed by atoms with Crippen LogP contribution in [0.5, 0.6) is 0 Å². The van der Waals surface area contributed by atoms with Crippen LogP contribution in [0.3, 0.4) is 0 Å². The number of carbonyl (C=O) groups excluding carboxylic acids is 4. The predicted octanol–water partition coefficient (Wildman–Crippen LogP) is 2.17.